The fourth-order valence-corrected chi connectivity index (χ4v) is 2.24. The molecule has 0 saturated heterocycles. The van der Waals surface area contributed by atoms with E-state index in [9.17, 15) is 0 Å². The summed E-state index contributed by atoms with van der Waals surface area (Å²) in [5.74, 6) is 0. The van der Waals surface area contributed by atoms with Gasteiger partial charge >= 0.3 is 0 Å². The molecule has 0 radical (unpaired) electrons. The van der Waals surface area contributed by atoms with E-state index in [0.29, 0.717) is 0 Å². The molecule has 1 nitrogen and oxygen atoms in total. The number of hydrogen-bond donors (Lipinski definition) is 0. The molecule has 2 aromatic carbocycles. The fraction of sp³-hybridized carbons (Fsp3) is 0.118. The van der Waals surface area contributed by atoms with E-state index in [2.05, 4.69) is 60.7 Å². The Morgan fingerprint density at radius 2 is 1.50 bits per heavy atom. The lowest BCUT2D eigenvalue weighted by atomic mass is 9.99. The van der Waals surface area contributed by atoms with E-state index in [1.165, 1.54) is 11.1 Å². The molecule has 1 atom stereocenters. The second kappa shape index (κ2) is 5.01. The predicted molar refractivity (Wildman–Crippen MR) is 75.9 cm³/mol. The molecule has 0 N–H and O–H groups in total. The molecule has 1 heterocycles. The summed E-state index contributed by atoms with van der Waals surface area (Å²) in [5.41, 5.74) is 3.56. The first-order valence-corrected chi connectivity index (χ1v) is 6.28. The molecule has 1 aliphatic rings. The first-order chi connectivity index (χ1) is 8.93. The van der Waals surface area contributed by atoms with E-state index in [1.54, 1.807) is 0 Å². The monoisotopic (exact) mass is 233 g/mol. The maximum absolute atomic E-state index is 4.85. The summed E-state index contributed by atoms with van der Waals surface area (Å²) in [6, 6.07) is 21.1. The van der Waals surface area contributed by atoms with Gasteiger partial charge in [0.2, 0.25) is 0 Å². The third-order valence-corrected chi connectivity index (χ3v) is 3.18. The summed E-state index contributed by atoms with van der Waals surface area (Å²) >= 11 is 0. The van der Waals surface area contributed by atoms with Gasteiger partial charge in [0.15, 0.2) is 0 Å². The van der Waals surface area contributed by atoms with Crippen LogP contribution < -0.4 is 0 Å². The number of rotatable bonds is 2. The van der Waals surface area contributed by atoms with Crippen molar-refractivity contribution in [3.05, 3.63) is 83.9 Å². The lowest BCUT2D eigenvalue weighted by Crippen LogP contribution is -2.06. The average molecular weight is 233 g/mol. The lowest BCUT2D eigenvalue weighted by molar-refractivity contribution is 0.737. The van der Waals surface area contributed by atoms with Crippen molar-refractivity contribution in [2.75, 3.05) is 0 Å². The summed E-state index contributed by atoms with van der Waals surface area (Å²) in [7, 11) is 0. The Bertz CT molecular complexity index is 567. The Kier molecular flexibility index (Phi) is 3.05. The van der Waals surface area contributed by atoms with Gasteiger partial charge in [-0.2, -0.15) is 0 Å². The summed E-state index contributed by atoms with van der Waals surface area (Å²) < 4.78 is 0. The maximum atomic E-state index is 4.85. The van der Waals surface area contributed by atoms with Gasteiger partial charge < -0.3 is 0 Å². The number of benzene rings is 2. The standard InChI is InChI=1S/C17H15N/c1-3-8-14(9-4-1)16-12-7-13-17(18-16)15-10-5-2-6-11-15/h1-12,17H,13H2. The van der Waals surface area contributed by atoms with E-state index in [1.807, 2.05) is 12.1 Å². The first-order valence-electron chi connectivity index (χ1n) is 6.28. The van der Waals surface area contributed by atoms with Crippen molar-refractivity contribution in [3.63, 3.8) is 0 Å². The first kappa shape index (κ1) is 11.0. The van der Waals surface area contributed by atoms with Gasteiger partial charge in [-0.05, 0) is 23.6 Å². The Morgan fingerprint density at radius 1 is 0.833 bits per heavy atom. The molecule has 1 heteroatoms. The Labute approximate surface area is 108 Å². The molecular formula is C17H15N. The zero-order valence-corrected chi connectivity index (χ0v) is 10.2. The summed E-state index contributed by atoms with van der Waals surface area (Å²) in [4.78, 5) is 4.85. The summed E-state index contributed by atoms with van der Waals surface area (Å²) in [6.45, 7) is 0. The van der Waals surface area contributed by atoms with Crippen molar-refractivity contribution in [1.82, 2.24) is 0 Å². The van der Waals surface area contributed by atoms with E-state index in [-0.39, 0.29) is 6.04 Å². The van der Waals surface area contributed by atoms with Crippen molar-refractivity contribution in [2.45, 2.75) is 12.5 Å². The third-order valence-electron chi connectivity index (χ3n) is 3.18. The van der Waals surface area contributed by atoms with Crippen LogP contribution in [0.15, 0.2) is 77.8 Å². The van der Waals surface area contributed by atoms with Gasteiger partial charge in [-0.1, -0.05) is 66.7 Å². The molecule has 0 aromatic heterocycles. The third kappa shape index (κ3) is 2.25. The van der Waals surface area contributed by atoms with E-state index < -0.39 is 0 Å². The highest BCUT2D eigenvalue weighted by atomic mass is 14.8. The van der Waals surface area contributed by atoms with Crippen LogP contribution in [0.1, 0.15) is 23.6 Å². The topological polar surface area (TPSA) is 12.4 Å². The van der Waals surface area contributed by atoms with E-state index in [0.717, 1.165) is 12.1 Å². The van der Waals surface area contributed by atoms with Crippen LogP contribution in [0.5, 0.6) is 0 Å². The number of nitrogens with zero attached hydrogens (tertiary/aromatic N) is 1. The summed E-state index contributed by atoms with van der Waals surface area (Å²) in [5, 5.41) is 0. The van der Waals surface area contributed by atoms with Gasteiger partial charge in [-0.15, -0.1) is 0 Å². The number of aliphatic imine (C=N–C) groups is 1. The minimum Gasteiger partial charge on any atom is -0.276 e. The van der Waals surface area contributed by atoms with Gasteiger partial charge in [-0.25, -0.2) is 0 Å². The highest BCUT2D eigenvalue weighted by Crippen LogP contribution is 2.25. The van der Waals surface area contributed by atoms with Gasteiger partial charge in [0.25, 0.3) is 0 Å². The lowest BCUT2D eigenvalue weighted by Gasteiger charge is -2.16. The predicted octanol–water partition coefficient (Wildman–Crippen LogP) is 4.18. The fourth-order valence-electron chi connectivity index (χ4n) is 2.24. The van der Waals surface area contributed by atoms with Gasteiger partial charge in [-0.3, -0.25) is 4.99 Å². The molecule has 88 valence electrons. The maximum Gasteiger partial charge on any atom is 0.0790 e. The normalized spacial score (nSPS) is 18.4. The van der Waals surface area contributed by atoms with Crippen LogP contribution >= 0.6 is 0 Å². The Balaban J connectivity index is 1.93. The highest BCUT2D eigenvalue weighted by molar-refractivity contribution is 6.09. The minimum atomic E-state index is 0.256. The molecule has 1 unspecified atom stereocenters. The molecule has 3 rings (SSSR count). The van der Waals surface area contributed by atoms with Crippen LogP contribution in [0.4, 0.5) is 0 Å². The molecule has 0 bridgehead atoms. The van der Waals surface area contributed by atoms with Crippen LogP contribution in [-0.2, 0) is 0 Å². The molecule has 0 aliphatic carbocycles. The number of dihydropyridines is 1. The molecule has 2 aromatic rings. The van der Waals surface area contributed by atoms with Gasteiger partial charge in [0.1, 0.15) is 0 Å². The molecule has 0 saturated carbocycles. The van der Waals surface area contributed by atoms with E-state index >= 15 is 0 Å². The van der Waals surface area contributed by atoms with Crippen LogP contribution in [0.2, 0.25) is 0 Å². The minimum absolute atomic E-state index is 0.256. The number of allylic oxidation sites excluding steroid dienone is 1. The molecule has 0 fully saturated rings. The van der Waals surface area contributed by atoms with Crippen molar-refractivity contribution in [2.24, 2.45) is 4.99 Å². The van der Waals surface area contributed by atoms with Crippen LogP contribution in [0.25, 0.3) is 0 Å². The number of hydrogen-bond acceptors (Lipinski definition) is 1. The highest BCUT2D eigenvalue weighted by Gasteiger charge is 2.13. The molecule has 1 aliphatic heterocycles. The van der Waals surface area contributed by atoms with Crippen LogP contribution in [0.3, 0.4) is 0 Å². The van der Waals surface area contributed by atoms with Crippen LogP contribution in [-0.4, -0.2) is 5.71 Å². The molecule has 0 amide bonds. The average Bonchev–Trinajstić information content (AvgIpc) is 2.49. The van der Waals surface area contributed by atoms with Gasteiger partial charge in [0, 0.05) is 0 Å². The molecule has 0 spiro atoms. The molecule has 18 heavy (non-hydrogen) atoms. The molecular weight excluding hydrogens is 218 g/mol. The SMILES string of the molecule is C1=CC(c2ccccc2)=NC(c2ccccc2)C1. The Hall–Kier alpha value is -2.15. The van der Waals surface area contributed by atoms with Crippen molar-refractivity contribution < 1.29 is 0 Å². The van der Waals surface area contributed by atoms with Crippen molar-refractivity contribution >= 4 is 5.71 Å². The Morgan fingerprint density at radius 3 is 2.22 bits per heavy atom. The van der Waals surface area contributed by atoms with E-state index in [4.69, 9.17) is 4.99 Å². The quantitative estimate of drug-likeness (QED) is 0.738. The zero-order valence-electron chi connectivity index (χ0n) is 10.2. The largest absolute Gasteiger partial charge is 0.276 e. The summed E-state index contributed by atoms with van der Waals surface area (Å²) in [6.07, 6.45) is 5.32. The van der Waals surface area contributed by atoms with Crippen molar-refractivity contribution in [1.29, 1.82) is 0 Å². The van der Waals surface area contributed by atoms with Crippen LogP contribution in [0, 0.1) is 0 Å². The smallest absolute Gasteiger partial charge is 0.0790 e. The second-order valence-electron chi connectivity index (χ2n) is 4.44. The second-order valence-corrected chi connectivity index (χ2v) is 4.44. The zero-order chi connectivity index (χ0) is 12.2. The van der Waals surface area contributed by atoms with Crippen molar-refractivity contribution in [3.8, 4) is 0 Å². The van der Waals surface area contributed by atoms with Gasteiger partial charge in [0.05, 0.1) is 11.8 Å².